The summed E-state index contributed by atoms with van der Waals surface area (Å²) in [6.07, 6.45) is 0. The third kappa shape index (κ3) is 4.46. The number of nitrogens with one attached hydrogen (secondary N) is 1. The SMILES string of the molecule is CN(Cc1ccccc1)C(=O)NCc1ccc(F)c(Cl)c1. The van der Waals surface area contributed by atoms with Crippen molar-refractivity contribution in [1.29, 1.82) is 0 Å². The van der Waals surface area contributed by atoms with Crippen molar-refractivity contribution < 1.29 is 9.18 Å². The minimum Gasteiger partial charge on any atom is -0.334 e. The Morgan fingerprint density at radius 1 is 1.19 bits per heavy atom. The summed E-state index contributed by atoms with van der Waals surface area (Å²) in [5.74, 6) is -0.465. The lowest BCUT2D eigenvalue weighted by Gasteiger charge is -2.18. The molecule has 0 fully saturated rings. The average Bonchev–Trinajstić information content (AvgIpc) is 2.49. The first-order chi connectivity index (χ1) is 10.1. The monoisotopic (exact) mass is 306 g/mol. The highest BCUT2D eigenvalue weighted by atomic mass is 35.5. The molecule has 110 valence electrons. The number of carbonyl (C=O) groups is 1. The predicted octanol–water partition coefficient (Wildman–Crippen LogP) is 3.82. The molecule has 0 spiro atoms. The van der Waals surface area contributed by atoms with E-state index < -0.39 is 5.82 Å². The number of halogens is 2. The highest BCUT2D eigenvalue weighted by molar-refractivity contribution is 6.30. The van der Waals surface area contributed by atoms with Crippen LogP contribution in [0.5, 0.6) is 0 Å². The van der Waals surface area contributed by atoms with Crippen molar-refractivity contribution in [3.05, 3.63) is 70.5 Å². The van der Waals surface area contributed by atoms with Crippen LogP contribution in [-0.2, 0) is 13.1 Å². The highest BCUT2D eigenvalue weighted by Crippen LogP contribution is 2.15. The van der Waals surface area contributed by atoms with Gasteiger partial charge in [0.25, 0.3) is 0 Å². The van der Waals surface area contributed by atoms with Crippen LogP contribution in [0.3, 0.4) is 0 Å². The Labute approximate surface area is 128 Å². The summed E-state index contributed by atoms with van der Waals surface area (Å²) in [5.41, 5.74) is 1.81. The van der Waals surface area contributed by atoms with Crippen LogP contribution in [-0.4, -0.2) is 18.0 Å². The summed E-state index contributed by atoms with van der Waals surface area (Å²) in [5, 5.41) is 2.83. The van der Waals surface area contributed by atoms with Crippen LogP contribution in [0.4, 0.5) is 9.18 Å². The van der Waals surface area contributed by atoms with Gasteiger partial charge >= 0.3 is 6.03 Å². The summed E-state index contributed by atoms with van der Waals surface area (Å²) in [6.45, 7) is 0.828. The second-order valence-corrected chi connectivity index (χ2v) is 5.16. The topological polar surface area (TPSA) is 32.3 Å². The van der Waals surface area contributed by atoms with Crippen LogP contribution < -0.4 is 5.32 Å². The van der Waals surface area contributed by atoms with Gasteiger partial charge in [0.2, 0.25) is 0 Å². The quantitative estimate of drug-likeness (QED) is 0.915. The summed E-state index contributed by atoms with van der Waals surface area (Å²) >= 11 is 5.70. The molecule has 2 aromatic rings. The fourth-order valence-electron chi connectivity index (χ4n) is 1.89. The van der Waals surface area contributed by atoms with Crippen molar-refractivity contribution in [2.24, 2.45) is 0 Å². The lowest BCUT2D eigenvalue weighted by molar-refractivity contribution is 0.206. The molecule has 2 amide bonds. The first kappa shape index (κ1) is 15.3. The summed E-state index contributed by atoms with van der Waals surface area (Å²) in [7, 11) is 1.72. The lowest BCUT2D eigenvalue weighted by Crippen LogP contribution is -2.36. The summed E-state index contributed by atoms with van der Waals surface area (Å²) in [4.78, 5) is 13.6. The number of urea groups is 1. The van der Waals surface area contributed by atoms with Gasteiger partial charge in [-0.3, -0.25) is 0 Å². The summed E-state index contributed by atoms with van der Waals surface area (Å²) < 4.78 is 13.0. The Hall–Kier alpha value is -2.07. The van der Waals surface area contributed by atoms with Gasteiger partial charge in [0.05, 0.1) is 5.02 Å². The van der Waals surface area contributed by atoms with Crippen LogP contribution >= 0.6 is 11.6 Å². The molecule has 3 nitrogen and oxygen atoms in total. The van der Waals surface area contributed by atoms with E-state index in [4.69, 9.17) is 11.6 Å². The molecule has 0 bridgehead atoms. The smallest absolute Gasteiger partial charge is 0.317 e. The molecule has 1 N–H and O–H groups in total. The van der Waals surface area contributed by atoms with Gasteiger partial charge in [-0.2, -0.15) is 0 Å². The predicted molar refractivity (Wildman–Crippen MR) is 81.6 cm³/mol. The number of rotatable bonds is 4. The van der Waals surface area contributed by atoms with E-state index in [0.717, 1.165) is 11.1 Å². The molecule has 0 aromatic heterocycles. The molecule has 21 heavy (non-hydrogen) atoms. The molecule has 0 heterocycles. The van der Waals surface area contributed by atoms with Crippen molar-refractivity contribution in [1.82, 2.24) is 10.2 Å². The van der Waals surface area contributed by atoms with Crippen LogP contribution in [0.25, 0.3) is 0 Å². The van der Waals surface area contributed by atoms with Crippen LogP contribution in [0.15, 0.2) is 48.5 Å². The number of carbonyl (C=O) groups excluding carboxylic acids is 1. The zero-order valence-electron chi connectivity index (χ0n) is 11.6. The largest absolute Gasteiger partial charge is 0.334 e. The Morgan fingerprint density at radius 3 is 2.57 bits per heavy atom. The maximum absolute atomic E-state index is 13.0. The molecule has 0 saturated heterocycles. The van der Waals surface area contributed by atoms with E-state index in [1.165, 1.54) is 12.1 Å². The first-order valence-electron chi connectivity index (χ1n) is 6.53. The number of amides is 2. The van der Waals surface area contributed by atoms with Gasteiger partial charge in [-0.05, 0) is 23.3 Å². The van der Waals surface area contributed by atoms with Gasteiger partial charge in [0, 0.05) is 20.1 Å². The average molecular weight is 307 g/mol. The lowest BCUT2D eigenvalue weighted by atomic mass is 10.2. The Bertz CT molecular complexity index is 619. The molecule has 0 unspecified atom stereocenters. The van der Waals surface area contributed by atoms with Gasteiger partial charge in [-0.1, -0.05) is 48.0 Å². The number of hydrogen-bond acceptors (Lipinski definition) is 1. The zero-order chi connectivity index (χ0) is 15.2. The van der Waals surface area contributed by atoms with E-state index >= 15 is 0 Å². The zero-order valence-corrected chi connectivity index (χ0v) is 12.4. The third-order valence-corrected chi connectivity index (χ3v) is 3.33. The Balaban J connectivity index is 1.87. The molecular weight excluding hydrogens is 291 g/mol. The fourth-order valence-corrected chi connectivity index (χ4v) is 2.09. The van der Waals surface area contributed by atoms with Gasteiger partial charge in [-0.25, -0.2) is 9.18 Å². The number of nitrogens with zero attached hydrogens (tertiary/aromatic N) is 1. The highest BCUT2D eigenvalue weighted by Gasteiger charge is 2.09. The molecular formula is C16H16ClFN2O. The molecule has 0 radical (unpaired) electrons. The maximum Gasteiger partial charge on any atom is 0.317 e. The van der Waals surface area contributed by atoms with Crippen molar-refractivity contribution in [2.45, 2.75) is 13.1 Å². The van der Waals surface area contributed by atoms with E-state index in [1.807, 2.05) is 30.3 Å². The fraction of sp³-hybridized carbons (Fsp3) is 0.188. The second kappa shape index (κ2) is 7.09. The van der Waals surface area contributed by atoms with E-state index in [2.05, 4.69) is 5.32 Å². The molecule has 2 aromatic carbocycles. The van der Waals surface area contributed by atoms with Crippen molar-refractivity contribution in [3.63, 3.8) is 0 Å². The van der Waals surface area contributed by atoms with E-state index in [9.17, 15) is 9.18 Å². The molecule has 0 aliphatic carbocycles. The third-order valence-electron chi connectivity index (χ3n) is 3.04. The number of hydrogen-bond donors (Lipinski definition) is 1. The standard InChI is InChI=1S/C16H16ClFN2O/c1-20(11-12-5-3-2-4-6-12)16(21)19-10-13-7-8-15(18)14(17)9-13/h2-9H,10-11H2,1H3,(H,19,21). The van der Waals surface area contributed by atoms with E-state index in [-0.39, 0.29) is 11.1 Å². The Kier molecular flexibility index (Phi) is 5.17. The Morgan fingerprint density at radius 2 is 1.90 bits per heavy atom. The molecule has 0 saturated carbocycles. The van der Waals surface area contributed by atoms with Crippen molar-refractivity contribution in [2.75, 3.05) is 7.05 Å². The van der Waals surface area contributed by atoms with E-state index in [1.54, 1.807) is 18.0 Å². The minimum atomic E-state index is -0.465. The van der Waals surface area contributed by atoms with Gasteiger partial charge < -0.3 is 10.2 Å². The minimum absolute atomic E-state index is 0.0550. The molecule has 5 heteroatoms. The summed E-state index contributed by atoms with van der Waals surface area (Å²) in [6, 6.07) is 13.9. The van der Waals surface area contributed by atoms with Crippen molar-refractivity contribution >= 4 is 17.6 Å². The van der Waals surface area contributed by atoms with Crippen molar-refractivity contribution in [3.8, 4) is 0 Å². The van der Waals surface area contributed by atoms with Crippen LogP contribution in [0.2, 0.25) is 5.02 Å². The van der Waals surface area contributed by atoms with Crippen LogP contribution in [0.1, 0.15) is 11.1 Å². The second-order valence-electron chi connectivity index (χ2n) is 4.75. The van der Waals surface area contributed by atoms with Gasteiger partial charge in [0.1, 0.15) is 5.82 Å². The van der Waals surface area contributed by atoms with Gasteiger partial charge in [0.15, 0.2) is 0 Å². The number of benzene rings is 2. The molecule has 0 atom stereocenters. The van der Waals surface area contributed by atoms with Gasteiger partial charge in [-0.15, -0.1) is 0 Å². The van der Waals surface area contributed by atoms with Crippen LogP contribution in [0, 0.1) is 5.82 Å². The normalized spacial score (nSPS) is 10.2. The molecule has 2 rings (SSSR count). The maximum atomic E-state index is 13.0. The first-order valence-corrected chi connectivity index (χ1v) is 6.91. The molecule has 0 aliphatic rings. The van der Waals surface area contributed by atoms with E-state index in [0.29, 0.717) is 13.1 Å². The molecule has 0 aliphatic heterocycles.